The number of rotatable bonds is 5. The van der Waals surface area contributed by atoms with Gasteiger partial charge in [-0.05, 0) is 51.5 Å². The molecule has 32 heavy (non-hydrogen) atoms. The zero-order valence-electron chi connectivity index (χ0n) is 18.3. The van der Waals surface area contributed by atoms with E-state index in [9.17, 15) is 14.7 Å². The number of phenols is 1. The van der Waals surface area contributed by atoms with Crippen LogP contribution in [0.5, 0.6) is 5.75 Å². The monoisotopic (exact) mass is 452 g/mol. The molecule has 0 unspecified atom stereocenters. The second-order valence-electron chi connectivity index (χ2n) is 7.39. The lowest BCUT2D eigenvalue weighted by Crippen LogP contribution is -2.39. The first-order valence-corrected chi connectivity index (χ1v) is 11.2. The van der Waals surface area contributed by atoms with Crippen molar-refractivity contribution in [2.75, 3.05) is 6.61 Å². The summed E-state index contributed by atoms with van der Waals surface area (Å²) in [6.45, 7) is 8.40. The van der Waals surface area contributed by atoms with E-state index in [-0.39, 0.29) is 17.9 Å². The van der Waals surface area contributed by atoms with E-state index >= 15 is 0 Å². The first-order chi connectivity index (χ1) is 15.3. The van der Waals surface area contributed by atoms with Crippen LogP contribution in [0.15, 0.2) is 51.5 Å². The summed E-state index contributed by atoms with van der Waals surface area (Å²) >= 11 is 1.27. The Labute approximate surface area is 188 Å². The van der Waals surface area contributed by atoms with Crippen molar-refractivity contribution in [2.24, 2.45) is 4.99 Å². The van der Waals surface area contributed by atoms with Gasteiger partial charge in [0.25, 0.3) is 5.56 Å². The Hall–Kier alpha value is -3.46. The molecule has 1 aromatic carbocycles. The molecule has 1 atom stereocenters. The van der Waals surface area contributed by atoms with Crippen molar-refractivity contribution in [2.45, 2.75) is 40.3 Å². The molecule has 3 aromatic rings. The fraction of sp³-hybridized carbons (Fsp3) is 0.304. The van der Waals surface area contributed by atoms with E-state index < -0.39 is 12.0 Å². The molecular formula is C23H24N4O4S. The molecule has 0 fully saturated rings. The van der Waals surface area contributed by atoms with Gasteiger partial charge in [-0.15, -0.1) is 0 Å². The van der Waals surface area contributed by atoms with Crippen molar-refractivity contribution in [3.8, 4) is 5.75 Å². The van der Waals surface area contributed by atoms with Crippen molar-refractivity contribution in [3.05, 3.63) is 78.2 Å². The van der Waals surface area contributed by atoms with Gasteiger partial charge in [0.05, 0.1) is 34.6 Å². The molecule has 0 bridgehead atoms. The van der Waals surface area contributed by atoms with Crippen LogP contribution in [-0.4, -0.2) is 32.0 Å². The molecular weight excluding hydrogens is 428 g/mol. The summed E-state index contributed by atoms with van der Waals surface area (Å²) in [5.74, 6) is -0.413. The smallest absolute Gasteiger partial charge is 0.338 e. The van der Waals surface area contributed by atoms with Gasteiger partial charge in [-0.3, -0.25) is 14.0 Å². The highest BCUT2D eigenvalue weighted by Gasteiger charge is 2.33. The summed E-state index contributed by atoms with van der Waals surface area (Å²) in [6.07, 6.45) is 3.55. The molecule has 0 saturated carbocycles. The van der Waals surface area contributed by atoms with E-state index in [1.807, 2.05) is 24.6 Å². The van der Waals surface area contributed by atoms with Crippen LogP contribution in [-0.2, 0) is 16.1 Å². The van der Waals surface area contributed by atoms with Crippen LogP contribution in [0.2, 0.25) is 0 Å². The number of ether oxygens (including phenoxy) is 1. The predicted molar refractivity (Wildman–Crippen MR) is 121 cm³/mol. The van der Waals surface area contributed by atoms with Crippen molar-refractivity contribution in [1.29, 1.82) is 0 Å². The molecule has 0 amide bonds. The number of phenolic OH excluding ortho intramolecular Hbond substituents is 1. The number of fused-ring (bicyclic) bond motifs is 1. The average Bonchev–Trinajstić information content (AvgIpc) is 3.27. The summed E-state index contributed by atoms with van der Waals surface area (Å²) in [5, 5.41) is 14.1. The quantitative estimate of drug-likeness (QED) is 0.598. The van der Waals surface area contributed by atoms with Gasteiger partial charge >= 0.3 is 5.97 Å². The minimum Gasteiger partial charge on any atom is -0.508 e. The van der Waals surface area contributed by atoms with Gasteiger partial charge in [-0.25, -0.2) is 9.79 Å². The molecule has 0 saturated heterocycles. The lowest BCUT2D eigenvalue weighted by atomic mass is 9.96. The number of carbonyl (C=O) groups excluding carboxylic acids is 1. The number of thiazole rings is 1. The Kier molecular flexibility index (Phi) is 5.84. The topological polar surface area (TPSA) is 98.7 Å². The predicted octanol–water partition coefficient (Wildman–Crippen LogP) is 2.03. The van der Waals surface area contributed by atoms with Gasteiger partial charge in [0.15, 0.2) is 4.80 Å². The summed E-state index contributed by atoms with van der Waals surface area (Å²) in [4.78, 5) is 31.4. The zero-order valence-corrected chi connectivity index (χ0v) is 19.1. The fourth-order valence-electron chi connectivity index (χ4n) is 3.83. The van der Waals surface area contributed by atoms with Gasteiger partial charge in [0.1, 0.15) is 5.75 Å². The minimum absolute atomic E-state index is 0.1000. The van der Waals surface area contributed by atoms with E-state index in [1.165, 1.54) is 28.0 Å². The molecule has 166 valence electrons. The van der Waals surface area contributed by atoms with Crippen LogP contribution < -0.4 is 14.9 Å². The third-order valence-corrected chi connectivity index (χ3v) is 6.44. The second-order valence-corrected chi connectivity index (χ2v) is 8.40. The van der Waals surface area contributed by atoms with E-state index in [0.717, 1.165) is 17.8 Å². The lowest BCUT2D eigenvalue weighted by Gasteiger charge is -2.24. The number of aromatic nitrogens is 3. The van der Waals surface area contributed by atoms with Gasteiger partial charge in [0, 0.05) is 17.8 Å². The van der Waals surface area contributed by atoms with Crippen LogP contribution in [0.3, 0.4) is 0 Å². The van der Waals surface area contributed by atoms with Gasteiger partial charge in [-0.2, -0.15) is 5.10 Å². The molecule has 8 nitrogen and oxygen atoms in total. The number of benzene rings is 1. The normalized spacial score (nSPS) is 16.1. The van der Waals surface area contributed by atoms with Crippen molar-refractivity contribution < 1.29 is 14.6 Å². The Morgan fingerprint density at radius 1 is 1.25 bits per heavy atom. The van der Waals surface area contributed by atoms with Crippen LogP contribution in [0.1, 0.15) is 43.6 Å². The maximum absolute atomic E-state index is 13.5. The van der Waals surface area contributed by atoms with E-state index in [0.29, 0.717) is 26.2 Å². The molecule has 9 heteroatoms. The third kappa shape index (κ3) is 3.69. The Balaban J connectivity index is 1.95. The molecule has 0 radical (unpaired) electrons. The van der Waals surface area contributed by atoms with Crippen molar-refractivity contribution >= 4 is 23.4 Å². The first-order valence-electron chi connectivity index (χ1n) is 10.4. The van der Waals surface area contributed by atoms with Crippen LogP contribution in [0, 0.1) is 6.92 Å². The van der Waals surface area contributed by atoms with Crippen molar-refractivity contribution in [3.63, 3.8) is 0 Å². The molecule has 0 spiro atoms. The van der Waals surface area contributed by atoms with Gasteiger partial charge in [0.2, 0.25) is 0 Å². The van der Waals surface area contributed by atoms with E-state index in [2.05, 4.69) is 10.1 Å². The van der Waals surface area contributed by atoms with Gasteiger partial charge in [-0.1, -0.05) is 23.5 Å². The van der Waals surface area contributed by atoms with E-state index in [1.54, 1.807) is 32.2 Å². The maximum Gasteiger partial charge on any atom is 0.338 e. The fourth-order valence-corrected chi connectivity index (χ4v) is 4.86. The number of hydrogen-bond acceptors (Lipinski definition) is 7. The first kappa shape index (κ1) is 21.8. The second kappa shape index (κ2) is 8.58. The van der Waals surface area contributed by atoms with Crippen LogP contribution in [0.25, 0.3) is 6.08 Å². The summed E-state index contributed by atoms with van der Waals surface area (Å²) < 4.78 is 9.18. The average molecular weight is 453 g/mol. The highest BCUT2D eigenvalue weighted by Crippen LogP contribution is 2.31. The number of carbonyl (C=O) groups is 1. The summed E-state index contributed by atoms with van der Waals surface area (Å²) in [5.41, 5.74) is 3.08. The highest BCUT2D eigenvalue weighted by molar-refractivity contribution is 7.07. The zero-order chi connectivity index (χ0) is 23.0. The summed E-state index contributed by atoms with van der Waals surface area (Å²) in [7, 11) is 0. The lowest BCUT2D eigenvalue weighted by molar-refractivity contribution is -0.139. The number of allylic oxidation sites excluding steroid dienone is 1. The van der Waals surface area contributed by atoms with Crippen molar-refractivity contribution in [1.82, 2.24) is 14.3 Å². The van der Waals surface area contributed by atoms with Crippen LogP contribution >= 0.6 is 11.3 Å². The van der Waals surface area contributed by atoms with Crippen LogP contribution in [0.4, 0.5) is 0 Å². The highest BCUT2D eigenvalue weighted by atomic mass is 32.1. The number of hydrogen-bond donors (Lipinski definition) is 1. The molecule has 1 N–H and O–H groups in total. The number of aryl methyl sites for hydroxylation is 1. The number of nitrogens with zero attached hydrogens (tertiary/aromatic N) is 4. The Morgan fingerprint density at radius 2 is 1.97 bits per heavy atom. The molecule has 0 aliphatic carbocycles. The Bertz CT molecular complexity index is 1390. The number of aromatic hydroxyl groups is 1. The molecule has 4 rings (SSSR count). The SMILES string of the molecule is CCOC(=O)C1=C(C)N=c2s/c(=C/c3cnn(CC)c3C)c(=O)n2[C@@H]1c1ccc(O)cc1. The maximum atomic E-state index is 13.5. The molecule has 2 aromatic heterocycles. The molecule has 1 aliphatic rings. The standard InChI is InChI=1S/C23H24N4O4S/c1-5-26-14(4)16(12-24-26)11-18-21(29)27-20(15-7-9-17(28)10-8-15)19(22(30)31-6-2)13(3)25-23(27)32-18/h7-12,20,28H,5-6H2,1-4H3/b18-11+/t20-/m1/s1. The largest absolute Gasteiger partial charge is 0.508 e. The minimum atomic E-state index is -0.701. The molecule has 1 aliphatic heterocycles. The van der Waals surface area contributed by atoms with E-state index in [4.69, 9.17) is 4.74 Å². The molecule has 3 heterocycles. The van der Waals surface area contributed by atoms with Gasteiger partial charge < -0.3 is 9.84 Å². The third-order valence-electron chi connectivity index (χ3n) is 5.45. The Morgan fingerprint density at radius 3 is 2.59 bits per heavy atom. The number of esters is 1. The summed E-state index contributed by atoms with van der Waals surface area (Å²) in [6, 6.07) is 5.76.